The van der Waals surface area contributed by atoms with Gasteiger partial charge < -0.3 is 19.3 Å². The van der Waals surface area contributed by atoms with Crippen molar-refractivity contribution in [1.82, 2.24) is 14.7 Å². The summed E-state index contributed by atoms with van der Waals surface area (Å²) in [5, 5.41) is 5.02. The average molecular weight is 465 g/mol. The number of nitrogens with zero attached hydrogens (tertiary/aromatic N) is 4. The molecule has 190 valence electrons. The lowest BCUT2D eigenvalue weighted by Crippen LogP contribution is -2.60. The summed E-state index contributed by atoms with van der Waals surface area (Å²) in [5.74, 6) is 1.20. The molecule has 0 N–H and O–H groups in total. The van der Waals surface area contributed by atoms with Crippen molar-refractivity contribution in [2.75, 3.05) is 31.6 Å². The van der Waals surface area contributed by atoms with Crippen molar-refractivity contribution in [3.63, 3.8) is 0 Å². The van der Waals surface area contributed by atoms with Crippen LogP contribution in [0.4, 0.5) is 5.82 Å². The normalized spacial score (nSPS) is 21.1. The number of ether oxygens (including phenoxy) is 1. The Morgan fingerprint density at radius 2 is 1.73 bits per heavy atom. The van der Waals surface area contributed by atoms with Gasteiger partial charge in [0, 0.05) is 36.9 Å². The Morgan fingerprint density at radius 1 is 1.15 bits per heavy atom. The van der Waals surface area contributed by atoms with Crippen molar-refractivity contribution in [2.24, 2.45) is 5.41 Å². The number of aryl methyl sites for hydroxylation is 1. The van der Waals surface area contributed by atoms with E-state index in [1.165, 1.54) is 56.7 Å². The molecule has 3 heterocycles. The van der Waals surface area contributed by atoms with E-state index < -0.39 is 0 Å². The van der Waals surface area contributed by atoms with E-state index in [0.29, 0.717) is 17.9 Å². The van der Waals surface area contributed by atoms with E-state index in [4.69, 9.17) is 9.89 Å². The van der Waals surface area contributed by atoms with Gasteiger partial charge in [-0.05, 0) is 86.1 Å². The van der Waals surface area contributed by atoms with Crippen molar-refractivity contribution in [3.8, 4) is 0 Å². The molecule has 1 saturated carbocycles. The summed E-state index contributed by atoms with van der Waals surface area (Å²) in [6, 6.07) is 2.95. The zero-order chi connectivity index (χ0) is 25.4. The summed E-state index contributed by atoms with van der Waals surface area (Å²) < 4.78 is 6.87. The molecule has 2 aliphatic heterocycles. The predicted octanol–water partition coefficient (Wildman–Crippen LogP) is 5.03. The number of carbonyl (C=O) groups excluding carboxylic acids is 2. The first-order valence-corrected chi connectivity index (χ1v) is 12.4. The Labute approximate surface area is 201 Å². The quantitative estimate of drug-likeness (QED) is 0.585. The largest absolute Gasteiger partial charge is 0.462 e. The van der Waals surface area contributed by atoms with Crippen molar-refractivity contribution < 1.29 is 14.3 Å². The Bertz CT molecular complexity index is 724. The number of hydrogen-bond acceptors (Lipinski definition) is 6. The monoisotopic (exact) mass is 464 g/mol. The Kier molecular flexibility index (Phi) is 10.6. The molecule has 7 nitrogen and oxygen atoms in total. The van der Waals surface area contributed by atoms with Crippen LogP contribution in [0.3, 0.4) is 0 Å². The van der Waals surface area contributed by atoms with Crippen LogP contribution < -0.4 is 4.90 Å². The van der Waals surface area contributed by atoms with Gasteiger partial charge in [0.1, 0.15) is 12.4 Å². The third-order valence-corrected chi connectivity index (χ3v) is 6.63. The number of anilines is 1. The molecule has 0 aromatic carbocycles. The van der Waals surface area contributed by atoms with Gasteiger partial charge in [-0.15, -0.1) is 0 Å². The molecule has 4 rings (SSSR count). The van der Waals surface area contributed by atoms with E-state index in [9.17, 15) is 4.79 Å². The topological polar surface area (TPSA) is 67.7 Å². The fourth-order valence-electron chi connectivity index (χ4n) is 5.28. The molecule has 0 radical (unpaired) electrons. The average Bonchev–Trinajstić information content (AvgIpc) is 3.06. The van der Waals surface area contributed by atoms with Crippen LogP contribution in [0.5, 0.6) is 0 Å². The standard InChI is InChI=1S/C18H30N4.C5H10O2.C2H6.CH2O/c1-14-9-16(21-8-6-5-7-17(21,2)3)19-22(14)15-10-18(11-15)12-20(4)13-18;1-5(2,3)7-4-6;2*1-2/h9,15H,5-8,10-13H2,1-4H3;4H,1-3H3;1-2H3;1H2. The Hall–Kier alpha value is -1.89. The van der Waals surface area contributed by atoms with Crippen LogP contribution >= 0.6 is 0 Å². The van der Waals surface area contributed by atoms with Crippen LogP contribution in [0.2, 0.25) is 0 Å². The maximum Gasteiger partial charge on any atom is 0.293 e. The number of piperidine rings is 1. The fourth-order valence-corrected chi connectivity index (χ4v) is 5.28. The molecule has 0 atom stereocenters. The second-order valence-corrected chi connectivity index (χ2v) is 11.1. The highest BCUT2D eigenvalue weighted by Crippen LogP contribution is 2.53. The van der Waals surface area contributed by atoms with Crippen molar-refractivity contribution in [2.45, 2.75) is 105 Å². The third-order valence-electron chi connectivity index (χ3n) is 6.63. The highest BCUT2D eigenvalue weighted by molar-refractivity contribution is 5.43. The minimum absolute atomic E-state index is 0.251. The summed E-state index contributed by atoms with van der Waals surface area (Å²) in [6.45, 7) is 22.6. The van der Waals surface area contributed by atoms with Gasteiger partial charge in [0.05, 0.1) is 6.04 Å². The number of carbonyl (C=O) groups is 2. The molecule has 1 aromatic heterocycles. The molecule has 2 saturated heterocycles. The van der Waals surface area contributed by atoms with Gasteiger partial charge in [-0.1, -0.05) is 13.8 Å². The molecule has 0 amide bonds. The fraction of sp³-hybridized carbons (Fsp3) is 0.808. The molecule has 7 heteroatoms. The second-order valence-electron chi connectivity index (χ2n) is 11.1. The van der Waals surface area contributed by atoms with Gasteiger partial charge in [0.2, 0.25) is 0 Å². The first-order valence-electron chi connectivity index (χ1n) is 12.4. The molecule has 1 spiro atoms. The van der Waals surface area contributed by atoms with Crippen molar-refractivity contribution in [3.05, 3.63) is 11.8 Å². The predicted molar refractivity (Wildman–Crippen MR) is 136 cm³/mol. The summed E-state index contributed by atoms with van der Waals surface area (Å²) in [6.07, 6.45) is 6.57. The first kappa shape index (κ1) is 29.1. The van der Waals surface area contributed by atoms with Crippen molar-refractivity contribution in [1.29, 1.82) is 0 Å². The van der Waals surface area contributed by atoms with E-state index in [2.05, 4.69) is 53.1 Å². The highest BCUT2D eigenvalue weighted by atomic mass is 16.5. The first-order chi connectivity index (χ1) is 15.4. The van der Waals surface area contributed by atoms with E-state index in [1.54, 1.807) is 0 Å². The SMILES string of the molecule is C=O.CC.CC(C)(C)OC=O.Cc1cc(N2CCCCC2(C)C)nn1C1CC2(C1)CN(C)C2. The van der Waals surface area contributed by atoms with Crippen LogP contribution in [0.1, 0.15) is 92.3 Å². The zero-order valence-corrected chi connectivity index (χ0v) is 22.6. The molecule has 0 unspecified atom stereocenters. The van der Waals surface area contributed by atoms with Crippen LogP contribution in [0, 0.1) is 12.3 Å². The zero-order valence-electron chi connectivity index (χ0n) is 22.6. The molecule has 1 aromatic rings. The lowest BCUT2D eigenvalue weighted by atomic mass is 9.61. The van der Waals surface area contributed by atoms with Crippen LogP contribution in [-0.4, -0.2) is 65.8 Å². The van der Waals surface area contributed by atoms with Crippen molar-refractivity contribution >= 4 is 19.1 Å². The third kappa shape index (κ3) is 7.56. The number of likely N-dealkylation sites (tertiary alicyclic amines) is 1. The second kappa shape index (κ2) is 12.0. The minimum Gasteiger partial charge on any atom is -0.462 e. The highest BCUT2D eigenvalue weighted by Gasteiger charge is 2.52. The Balaban J connectivity index is 0.000000424. The smallest absolute Gasteiger partial charge is 0.293 e. The van der Waals surface area contributed by atoms with Gasteiger partial charge in [-0.2, -0.15) is 5.10 Å². The van der Waals surface area contributed by atoms with Gasteiger partial charge in [-0.25, -0.2) is 0 Å². The van der Waals surface area contributed by atoms with Gasteiger partial charge >= 0.3 is 0 Å². The number of hydrogen-bond donors (Lipinski definition) is 0. The Morgan fingerprint density at radius 3 is 2.15 bits per heavy atom. The van der Waals surface area contributed by atoms with Gasteiger partial charge in [0.25, 0.3) is 6.47 Å². The summed E-state index contributed by atoms with van der Waals surface area (Å²) in [4.78, 5) is 22.6. The summed E-state index contributed by atoms with van der Waals surface area (Å²) in [7, 11) is 2.23. The van der Waals surface area contributed by atoms with E-state index in [1.807, 2.05) is 41.4 Å². The minimum atomic E-state index is -0.318. The molecule has 3 fully saturated rings. The molecular formula is C26H48N4O3. The van der Waals surface area contributed by atoms with Crippen LogP contribution in [0.25, 0.3) is 0 Å². The number of rotatable bonds is 3. The van der Waals surface area contributed by atoms with E-state index in [0.717, 1.165) is 6.54 Å². The maximum atomic E-state index is 9.60. The molecule has 1 aliphatic carbocycles. The van der Waals surface area contributed by atoms with Gasteiger partial charge in [-0.3, -0.25) is 9.48 Å². The number of aromatic nitrogens is 2. The lowest BCUT2D eigenvalue weighted by Gasteiger charge is -2.58. The molecule has 3 aliphatic rings. The van der Waals surface area contributed by atoms with E-state index >= 15 is 0 Å². The van der Waals surface area contributed by atoms with E-state index in [-0.39, 0.29) is 11.1 Å². The summed E-state index contributed by atoms with van der Waals surface area (Å²) >= 11 is 0. The molecule has 33 heavy (non-hydrogen) atoms. The molecular weight excluding hydrogens is 416 g/mol. The van der Waals surface area contributed by atoms with Crippen LogP contribution in [0.15, 0.2) is 6.07 Å². The lowest BCUT2D eigenvalue weighted by molar-refractivity contribution is -0.138. The van der Waals surface area contributed by atoms with Gasteiger partial charge in [0.15, 0.2) is 5.82 Å². The van der Waals surface area contributed by atoms with Crippen LogP contribution in [-0.2, 0) is 14.3 Å². The molecule has 0 bridgehead atoms. The summed E-state index contributed by atoms with van der Waals surface area (Å²) in [5.41, 5.74) is 1.90. The maximum absolute atomic E-state index is 9.60.